The Balaban J connectivity index is 1.86. The van der Waals surface area contributed by atoms with Crippen molar-refractivity contribution in [3.05, 3.63) is 70.0 Å². The molecule has 0 radical (unpaired) electrons. The zero-order valence-corrected chi connectivity index (χ0v) is 14.1. The quantitative estimate of drug-likeness (QED) is 0.586. The Bertz CT molecular complexity index is 708. The van der Waals surface area contributed by atoms with Crippen molar-refractivity contribution in [1.29, 1.82) is 0 Å². The topological polar surface area (TPSA) is 75.8 Å². The monoisotopic (exact) mass is 348 g/mol. The molecule has 0 aliphatic carbocycles. The van der Waals surface area contributed by atoms with Crippen LogP contribution in [-0.4, -0.2) is 41.2 Å². The molecule has 7 heteroatoms. The van der Waals surface area contributed by atoms with Crippen LogP contribution < -0.4 is 4.74 Å². The molecule has 25 heavy (non-hydrogen) atoms. The Labute approximate surface area is 145 Å². The van der Waals surface area contributed by atoms with Gasteiger partial charge in [0.2, 0.25) is 0 Å². The Morgan fingerprint density at radius 1 is 1.28 bits per heavy atom. The molecule has 2 unspecified atom stereocenters. The van der Waals surface area contributed by atoms with E-state index in [-0.39, 0.29) is 24.2 Å². The van der Waals surface area contributed by atoms with Crippen molar-refractivity contribution in [3.8, 4) is 5.75 Å². The van der Waals surface area contributed by atoms with E-state index in [1.807, 2.05) is 18.9 Å². The number of non-ortho nitro benzene ring substituents is 1. The van der Waals surface area contributed by atoms with Crippen LogP contribution in [0.4, 0.5) is 10.1 Å². The van der Waals surface area contributed by atoms with Gasteiger partial charge in [-0.2, -0.15) is 0 Å². The van der Waals surface area contributed by atoms with Crippen LogP contribution in [0.25, 0.3) is 0 Å². The van der Waals surface area contributed by atoms with Gasteiger partial charge in [0.15, 0.2) is 0 Å². The summed E-state index contributed by atoms with van der Waals surface area (Å²) in [5.41, 5.74) is 0.879. The summed E-state index contributed by atoms with van der Waals surface area (Å²) in [5.74, 6) is 0.0477. The fourth-order valence-corrected chi connectivity index (χ4v) is 2.42. The van der Waals surface area contributed by atoms with Crippen LogP contribution in [0.2, 0.25) is 0 Å². The minimum atomic E-state index is -0.771. The van der Waals surface area contributed by atoms with Gasteiger partial charge in [0, 0.05) is 18.7 Å². The molecule has 134 valence electrons. The number of ether oxygens (including phenoxy) is 1. The van der Waals surface area contributed by atoms with E-state index in [2.05, 4.69) is 0 Å². The lowest BCUT2D eigenvalue weighted by atomic mass is 10.1. The summed E-state index contributed by atoms with van der Waals surface area (Å²) >= 11 is 0. The Morgan fingerprint density at radius 3 is 2.60 bits per heavy atom. The lowest BCUT2D eigenvalue weighted by Crippen LogP contribution is -2.34. The highest BCUT2D eigenvalue weighted by molar-refractivity contribution is 5.37. The highest BCUT2D eigenvalue weighted by Crippen LogP contribution is 2.21. The largest absolute Gasteiger partial charge is 0.491 e. The van der Waals surface area contributed by atoms with Crippen molar-refractivity contribution in [2.75, 3.05) is 20.2 Å². The number of likely N-dealkylation sites (N-methyl/N-ethyl adjacent to an activating group) is 1. The number of nitro groups is 1. The number of aliphatic hydroxyl groups excluding tert-OH is 1. The lowest BCUT2D eigenvalue weighted by Gasteiger charge is -2.27. The van der Waals surface area contributed by atoms with Gasteiger partial charge < -0.3 is 9.84 Å². The number of nitrogens with zero attached hydrogens (tertiary/aromatic N) is 2. The van der Waals surface area contributed by atoms with Crippen molar-refractivity contribution in [2.45, 2.75) is 19.1 Å². The van der Waals surface area contributed by atoms with Crippen molar-refractivity contribution >= 4 is 5.69 Å². The molecule has 2 rings (SSSR count). The first-order valence-electron chi connectivity index (χ1n) is 7.88. The van der Waals surface area contributed by atoms with E-state index in [9.17, 15) is 19.6 Å². The Hall–Kier alpha value is -2.51. The van der Waals surface area contributed by atoms with E-state index in [0.717, 1.165) is 5.56 Å². The molecule has 0 saturated heterocycles. The van der Waals surface area contributed by atoms with Gasteiger partial charge in [-0.25, -0.2) is 4.39 Å². The summed E-state index contributed by atoms with van der Waals surface area (Å²) in [4.78, 5) is 12.2. The van der Waals surface area contributed by atoms with Crippen molar-refractivity contribution < 1.29 is 19.2 Å². The van der Waals surface area contributed by atoms with E-state index < -0.39 is 11.0 Å². The predicted octanol–water partition coefficient (Wildman–Crippen LogP) is 3.17. The molecular formula is C18H21FN2O4. The van der Waals surface area contributed by atoms with Gasteiger partial charge in [-0.1, -0.05) is 18.2 Å². The van der Waals surface area contributed by atoms with Crippen molar-refractivity contribution in [1.82, 2.24) is 4.90 Å². The first kappa shape index (κ1) is 18.8. The summed E-state index contributed by atoms with van der Waals surface area (Å²) in [6, 6.07) is 12.0. The summed E-state index contributed by atoms with van der Waals surface area (Å²) in [7, 11) is 1.85. The van der Waals surface area contributed by atoms with Crippen molar-refractivity contribution in [3.63, 3.8) is 0 Å². The molecule has 0 amide bonds. The van der Waals surface area contributed by atoms with Crippen LogP contribution in [0.3, 0.4) is 0 Å². The van der Waals surface area contributed by atoms with E-state index in [4.69, 9.17) is 4.74 Å². The zero-order chi connectivity index (χ0) is 18.4. The standard InChI is InChI=1S/C18H21FN2O4/c1-13(14-6-8-15(19)9-7-14)20(2)11-17(22)12-25-18-5-3-4-16(10-18)21(23)24/h3-10,13,17,22H,11-12H2,1-2H3. The molecule has 0 aromatic heterocycles. The van der Waals surface area contributed by atoms with Crippen LogP contribution in [0, 0.1) is 15.9 Å². The molecule has 0 saturated carbocycles. The van der Waals surface area contributed by atoms with Gasteiger partial charge in [0.05, 0.1) is 11.0 Å². The van der Waals surface area contributed by atoms with Gasteiger partial charge in [-0.15, -0.1) is 0 Å². The summed E-state index contributed by atoms with van der Waals surface area (Å²) < 4.78 is 18.4. The maximum absolute atomic E-state index is 13.0. The number of nitro benzene ring substituents is 1. The zero-order valence-electron chi connectivity index (χ0n) is 14.1. The molecule has 0 aliphatic heterocycles. The van der Waals surface area contributed by atoms with Crippen LogP contribution in [-0.2, 0) is 0 Å². The van der Waals surface area contributed by atoms with E-state index in [0.29, 0.717) is 12.3 Å². The van der Waals surface area contributed by atoms with Crippen LogP contribution in [0.15, 0.2) is 48.5 Å². The molecule has 2 aromatic rings. The average Bonchev–Trinajstić information content (AvgIpc) is 2.60. The van der Waals surface area contributed by atoms with E-state index in [1.165, 1.54) is 30.3 Å². The first-order chi connectivity index (χ1) is 11.9. The highest BCUT2D eigenvalue weighted by atomic mass is 19.1. The highest BCUT2D eigenvalue weighted by Gasteiger charge is 2.16. The average molecular weight is 348 g/mol. The molecule has 2 atom stereocenters. The SMILES string of the molecule is CC(c1ccc(F)cc1)N(C)CC(O)COc1cccc([N+](=O)[O-])c1. The van der Waals surface area contributed by atoms with Gasteiger partial charge in [-0.3, -0.25) is 15.0 Å². The molecule has 6 nitrogen and oxygen atoms in total. The maximum atomic E-state index is 13.0. The van der Waals surface area contributed by atoms with Crippen LogP contribution in [0.1, 0.15) is 18.5 Å². The van der Waals surface area contributed by atoms with Crippen LogP contribution in [0.5, 0.6) is 5.75 Å². The van der Waals surface area contributed by atoms with Gasteiger partial charge in [0.1, 0.15) is 24.3 Å². The summed E-state index contributed by atoms with van der Waals surface area (Å²) in [6.07, 6.45) is -0.771. The van der Waals surface area contributed by atoms with Crippen LogP contribution >= 0.6 is 0 Å². The Kier molecular flexibility index (Phi) is 6.44. The lowest BCUT2D eigenvalue weighted by molar-refractivity contribution is -0.384. The number of hydrogen-bond donors (Lipinski definition) is 1. The molecule has 0 bridgehead atoms. The third kappa shape index (κ3) is 5.51. The number of aliphatic hydroxyl groups is 1. The maximum Gasteiger partial charge on any atom is 0.273 e. The summed E-state index contributed by atoms with van der Waals surface area (Å²) in [6.45, 7) is 2.32. The molecule has 0 fully saturated rings. The second-order valence-electron chi connectivity index (χ2n) is 5.89. The van der Waals surface area contributed by atoms with Gasteiger partial charge in [0.25, 0.3) is 5.69 Å². The molecule has 0 aliphatic rings. The molecular weight excluding hydrogens is 327 g/mol. The van der Waals surface area contributed by atoms with Gasteiger partial charge in [-0.05, 0) is 37.7 Å². The Morgan fingerprint density at radius 2 is 1.96 bits per heavy atom. The molecule has 0 spiro atoms. The first-order valence-corrected chi connectivity index (χ1v) is 7.88. The molecule has 1 N–H and O–H groups in total. The number of rotatable bonds is 8. The summed E-state index contributed by atoms with van der Waals surface area (Å²) in [5, 5.41) is 20.9. The minimum absolute atomic E-state index is 0.00642. The second kappa shape index (κ2) is 8.55. The third-order valence-corrected chi connectivity index (χ3v) is 3.98. The smallest absolute Gasteiger partial charge is 0.273 e. The molecule has 0 heterocycles. The van der Waals surface area contributed by atoms with E-state index >= 15 is 0 Å². The van der Waals surface area contributed by atoms with Crippen molar-refractivity contribution in [2.24, 2.45) is 0 Å². The van der Waals surface area contributed by atoms with E-state index in [1.54, 1.807) is 18.2 Å². The number of benzene rings is 2. The third-order valence-electron chi connectivity index (χ3n) is 3.98. The van der Waals surface area contributed by atoms with Gasteiger partial charge >= 0.3 is 0 Å². The minimum Gasteiger partial charge on any atom is -0.491 e. The fourth-order valence-electron chi connectivity index (χ4n) is 2.42. The predicted molar refractivity (Wildman–Crippen MR) is 92.0 cm³/mol. The fraction of sp³-hybridized carbons (Fsp3) is 0.333. The molecule has 2 aromatic carbocycles. The second-order valence-corrected chi connectivity index (χ2v) is 5.89. The normalized spacial score (nSPS) is 13.5. The number of hydrogen-bond acceptors (Lipinski definition) is 5. The number of halogens is 1.